The van der Waals surface area contributed by atoms with Gasteiger partial charge in [0.05, 0.1) is 5.69 Å². The molecule has 0 spiro atoms. The summed E-state index contributed by atoms with van der Waals surface area (Å²) in [6.07, 6.45) is 5.45. The van der Waals surface area contributed by atoms with E-state index >= 15 is 0 Å². The van der Waals surface area contributed by atoms with Crippen molar-refractivity contribution in [3.05, 3.63) is 101 Å². The van der Waals surface area contributed by atoms with Crippen LogP contribution in [0.2, 0.25) is 0 Å². The maximum Gasteiger partial charge on any atom is 0.220 e. The van der Waals surface area contributed by atoms with Crippen molar-refractivity contribution in [3.63, 3.8) is 0 Å². The fourth-order valence-corrected chi connectivity index (χ4v) is 3.46. The number of thioether (sulfide) groups is 1. The van der Waals surface area contributed by atoms with Crippen LogP contribution in [-0.2, 0) is 6.42 Å². The molecule has 0 aliphatic heterocycles. The van der Waals surface area contributed by atoms with Crippen LogP contribution in [0.25, 0.3) is 0 Å². The van der Waals surface area contributed by atoms with Gasteiger partial charge in [0, 0.05) is 11.0 Å². The summed E-state index contributed by atoms with van der Waals surface area (Å²) in [5.74, 6) is 1.36. The molecule has 0 radical (unpaired) electrons. The molecule has 148 valence electrons. The highest BCUT2D eigenvalue weighted by molar-refractivity contribution is 8.02. The lowest BCUT2D eigenvalue weighted by Crippen LogP contribution is -2.04. The molecule has 0 atom stereocenters. The first-order valence-electron chi connectivity index (χ1n) is 10.0. The van der Waals surface area contributed by atoms with Crippen LogP contribution in [0.15, 0.2) is 100 Å². The van der Waals surface area contributed by atoms with E-state index in [-0.39, 0.29) is 0 Å². The fourth-order valence-electron chi connectivity index (χ4n) is 2.81. The number of hydrogen-bond donors (Lipinski definition) is 0. The van der Waals surface area contributed by atoms with Crippen LogP contribution in [0.3, 0.4) is 0 Å². The van der Waals surface area contributed by atoms with Gasteiger partial charge in [0.1, 0.15) is 5.75 Å². The molecular weight excluding hydrogens is 374 g/mol. The molecule has 0 fully saturated rings. The highest BCUT2D eigenvalue weighted by Crippen LogP contribution is 2.21. The fraction of sp³-hybridized carbons (Fsp3) is 0.192. The van der Waals surface area contributed by atoms with Crippen LogP contribution in [-0.4, -0.2) is 5.90 Å². The van der Waals surface area contributed by atoms with Gasteiger partial charge < -0.3 is 4.74 Å². The van der Waals surface area contributed by atoms with E-state index in [4.69, 9.17) is 9.73 Å². The summed E-state index contributed by atoms with van der Waals surface area (Å²) in [5, 5.41) is 2.01. The lowest BCUT2D eigenvalue weighted by molar-refractivity contribution is 0.555. The van der Waals surface area contributed by atoms with Gasteiger partial charge >= 0.3 is 0 Å². The monoisotopic (exact) mass is 401 g/mol. The lowest BCUT2D eigenvalue weighted by atomic mass is 10.1. The molecule has 3 aromatic carbocycles. The molecule has 2 nitrogen and oxygen atoms in total. The molecule has 0 saturated heterocycles. The van der Waals surface area contributed by atoms with E-state index in [0.29, 0.717) is 5.90 Å². The van der Waals surface area contributed by atoms with E-state index in [2.05, 4.69) is 56.3 Å². The summed E-state index contributed by atoms with van der Waals surface area (Å²) in [7, 11) is 0. The van der Waals surface area contributed by atoms with Gasteiger partial charge in [-0.05, 0) is 72.7 Å². The molecule has 0 N–H and O–H groups in total. The highest BCUT2D eigenvalue weighted by Gasteiger charge is 2.02. The van der Waals surface area contributed by atoms with Gasteiger partial charge in [-0.1, -0.05) is 67.6 Å². The molecule has 29 heavy (non-hydrogen) atoms. The highest BCUT2D eigenvalue weighted by atomic mass is 32.2. The quantitative estimate of drug-likeness (QED) is 0.219. The Bertz CT molecular complexity index is 946. The van der Waals surface area contributed by atoms with Crippen molar-refractivity contribution in [2.45, 2.75) is 38.0 Å². The third kappa shape index (κ3) is 7.28. The zero-order valence-corrected chi connectivity index (χ0v) is 17.9. The van der Waals surface area contributed by atoms with Gasteiger partial charge in [-0.25, -0.2) is 4.99 Å². The van der Waals surface area contributed by atoms with Crippen LogP contribution >= 0.6 is 11.8 Å². The van der Waals surface area contributed by atoms with Gasteiger partial charge in [-0.15, -0.1) is 0 Å². The molecule has 3 aromatic rings. The number of hydrogen-bond acceptors (Lipinski definition) is 3. The van der Waals surface area contributed by atoms with Crippen molar-refractivity contribution in [2.24, 2.45) is 4.99 Å². The van der Waals surface area contributed by atoms with Crippen LogP contribution in [0.1, 0.15) is 30.9 Å². The van der Waals surface area contributed by atoms with Gasteiger partial charge in [-0.3, -0.25) is 0 Å². The molecule has 0 aromatic heterocycles. The van der Waals surface area contributed by atoms with Crippen molar-refractivity contribution in [3.8, 4) is 5.75 Å². The second kappa shape index (κ2) is 11.3. The summed E-state index contributed by atoms with van der Waals surface area (Å²) >= 11 is 1.64. The number of nitrogens with zero attached hydrogens (tertiary/aromatic N) is 1. The minimum Gasteiger partial charge on any atom is -0.439 e. The molecule has 0 aliphatic carbocycles. The van der Waals surface area contributed by atoms with E-state index < -0.39 is 0 Å². The third-order valence-electron chi connectivity index (χ3n) is 4.36. The van der Waals surface area contributed by atoms with Gasteiger partial charge in [0.25, 0.3) is 0 Å². The second-order valence-electron chi connectivity index (χ2n) is 6.87. The molecule has 3 heteroatoms. The number of aryl methyl sites for hydroxylation is 2. The minimum absolute atomic E-state index is 0.570. The molecule has 0 amide bonds. The van der Waals surface area contributed by atoms with E-state index in [1.54, 1.807) is 11.8 Å². The van der Waals surface area contributed by atoms with Gasteiger partial charge in [-0.2, -0.15) is 0 Å². The number of ether oxygens (including phenoxy) is 1. The Morgan fingerprint density at radius 3 is 2.48 bits per heavy atom. The first-order chi connectivity index (χ1) is 14.2. The van der Waals surface area contributed by atoms with Crippen molar-refractivity contribution in [2.75, 3.05) is 0 Å². The number of aliphatic imine (C=N–C) groups is 1. The average Bonchev–Trinajstić information content (AvgIpc) is 2.74. The van der Waals surface area contributed by atoms with Crippen molar-refractivity contribution >= 4 is 23.3 Å². The number of unbranched alkanes of at least 4 members (excludes halogenated alkanes) is 1. The van der Waals surface area contributed by atoms with Crippen molar-refractivity contribution < 1.29 is 4.74 Å². The Morgan fingerprint density at radius 2 is 1.76 bits per heavy atom. The standard InChI is InChI=1S/C26H27NOS/c1-3-4-10-22-14-16-23(17-15-22)27-26(28-24-11-8-9-21(2)20-24)18-19-29-25-12-6-5-7-13-25/h5-9,11-20H,3-4,10H2,1-2H3. The lowest BCUT2D eigenvalue weighted by Gasteiger charge is -2.07. The molecule has 0 heterocycles. The maximum absolute atomic E-state index is 6.08. The van der Waals surface area contributed by atoms with E-state index in [1.807, 2.05) is 47.9 Å². The summed E-state index contributed by atoms with van der Waals surface area (Å²) in [5.41, 5.74) is 3.40. The molecule has 3 rings (SSSR count). The van der Waals surface area contributed by atoms with Crippen LogP contribution in [0.4, 0.5) is 5.69 Å². The zero-order valence-electron chi connectivity index (χ0n) is 17.0. The van der Waals surface area contributed by atoms with Crippen LogP contribution in [0, 0.1) is 6.92 Å². The molecular formula is C26H27NOS. The van der Waals surface area contributed by atoms with E-state index in [9.17, 15) is 0 Å². The Labute approximate surface area is 178 Å². The summed E-state index contributed by atoms with van der Waals surface area (Å²) in [6.45, 7) is 4.27. The summed E-state index contributed by atoms with van der Waals surface area (Å²) < 4.78 is 6.08. The maximum atomic E-state index is 6.08. The first kappa shape index (κ1) is 20.9. The van der Waals surface area contributed by atoms with Crippen molar-refractivity contribution in [1.82, 2.24) is 0 Å². The summed E-state index contributed by atoms with van der Waals surface area (Å²) in [6, 6.07) is 26.7. The van der Waals surface area contributed by atoms with Gasteiger partial charge in [0.2, 0.25) is 5.90 Å². The Balaban J connectivity index is 1.78. The zero-order chi connectivity index (χ0) is 20.3. The Morgan fingerprint density at radius 1 is 0.966 bits per heavy atom. The molecule has 0 aliphatic rings. The number of benzene rings is 3. The topological polar surface area (TPSA) is 21.6 Å². The van der Waals surface area contributed by atoms with Crippen molar-refractivity contribution in [1.29, 1.82) is 0 Å². The Kier molecular flexibility index (Phi) is 8.14. The largest absolute Gasteiger partial charge is 0.439 e. The normalized spacial score (nSPS) is 11.7. The minimum atomic E-state index is 0.570. The predicted molar refractivity (Wildman–Crippen MR) is 125 cm³/mol. The van der Waals surface area contributed by atoms with E-state index in [0.717, 1.165) is 23.4 Å². The second-order valence-corrected chi connectivity index (χ2v) is 7.85. The summed E-state index contributed by atoms with van der Waals surface area (Å²) in [4.78, 5) is 5.91. The number of rotatable bonds is 8. The predicted octanol–water partition coefficient (Wildman–Crippen LogP) is 7.75. The first-order valence-corrected chi connectivity index (χ1v) is 10.9. The molecule has 0 bridgehead atoms. The Hall–Kier alpha value is -2.78. The van der Waals surface area contributed by atoms with Crippen LogP contribution < -0.4 is 4.74 Å². The SMILES string of the molecule is CCCCc1ccc(N=C(C=CSc2ccccc2)Oc2cccc(C)c2)cc1. The molecule has 0 unspecified atom stereocenters. The molecule has 0 saturated carbocycles. The van der Waals surface area contributed by atoms with Crippen LogP contribution in [0.5, 0.6) is 5.75 Å². The smallest absolute Gasteiger partial charge is 0.220 e. The van der Waals surface area contributed by atoms with E-state index in [1.165, 1.54) is 23.3 Å². The van der Waals surface area contributed by atoms with Gasteiger partial charge in [0.15, 0.2) is 0 Å². The third-order valence-corrected chi connectivity index (χ3v) is 5.18. The average molecular weight is 402 g/mol.